The molecule has 4 rings (SSSR count). The van der Waals surface area contributed by atoms with E-state index in [9.17, 15) is 13.2 Å². The number of benzene rings is 1. The van der Waals surface area contributed by atoms with Crippen molar-refractivity contribution in [1.29, 1.82) is 0 Å². The number of alkyl halides is 2. The van der Waals surface area contributed by atoms with Gasteiger partial charge in [0.05, 0.1) is 0 Å². The van der Waals surface area contributed by atoms with Gasteiger partial charge in [-0.15, -0.1) is 8.78 Å². The molecule has 0 radical (unpaired) electrons. The Morgan fingerprint density at radius 1 is 0.963 bits per heavy atom. The number of nitrogens with two attached hydrogens (primary N) is 1. The summed E-state index contributed by atoms with van der Waals surface area (Å²) in [6, 6.07) is 1.21. The average Bonchev–Trinajstić information content (AvgIpc) is 2.95. The second kappa shape index (κ2) is 7.05. The summed E-state index contributed by atoms with van der Waals surface area (Å²) in [5.74, 6) is -1.40. The number of anilines is 1. The van der Waals surface area contributed by atoms with Crippen LogP contribution in [0.15, 0.2) is 6.07 Å². The van der Waals surface area contributed by atoms with Gasteiger partial charge in [0.2, 0.25) is 5.75 Å². The van der Waals surface area contributed by atoms with E-state index in [2.05, 4.69) is 19.4 Å². The standard InChI is InChI=1S/C19H22F3N3O2/c20-14-15-12(10-13-16(14)27-19(21,22)26-13)17(23)25-18(24-15)11-8-6-4-2-1-3-5-7-9-11/h10-11H,1-9H2,(H2,23,24,25). The Labute approximate surface area is 155 Å². The molecular weight excluding hydrogens is 359 g/mol. The van der Waals surface area contributed by atoms with Gasteiger partial charge in [0.15, 0.2) is 11.6 Å². The Hall–Kier alpha value is -2.25. The molecule has 1 aliphatic heterocycles. The van der Waals surface area contributed by atoms with E-state index in [1.54, 1.807) is 0 Å². The van der Waals surface area contributed by atoms with Crippen LogP contribution in [-0.2, 0) is 0 Å². The van der Waals surface area contributed by atoms with Crippen LogP contribution in [-0.4, -0.2) is 16.3 Å². The van der Waals surface area contributed by atoms with Gasteiger partial charge in [0.1, 0.15) is 17.2 Å². The third-order valence-electron chi connectivity index (χ3n) is 5.32. The zero-order valence-electron chi connectivity index (χ0n) is 14.9. The Balaban J connectivity index is 1.72. The Bertz CT molecular complexity index is 850. The monoisotopic (exact) mass is 381 g/mol. The summed E-state index contributed by atoms with van der Waals surface area (Å²) < 4.78 is 50.1. The van der Waals surface area contributed by atoms with Gasteiger partial charge in [0.25, 0.3) is 0 Å². The molecule has 0 unspecified atom stereocenters. The first-order chi connectivity index (χ1) is 12.9. The molecule has 1 aromatic carbocycles. The number of nitrogens with zero attached hydrogens (tertiary/aromatic N) is 2. The van der Waals surface area contributed by atoms with Gasteiger partial charge < -0.3 is 15.2 Å². The van der Waals surface area contributed by atoms with Crippen LogP contribution in [0.3, 0.4) is 0 Å². The number of aromatic nitrogens is 2. The van der Waals surface area contributed by atoms with Crippen LogP contribution in [0.5, 0.6) is 11.5 Å². The van der Waals surface area contributed by atoms with Crippen LogP contribution in [0.2, 0.25) is 0 Å². The van der Waals surface area contributed by atoms with Crippen LogP contribution in [0.1, 0.15) is 69.5 Å². The highest BCUT2D eigenvalue weighted by Gasteiger charge is 2.46. The molecule has 0 saturated heterocycles. The first-order valence-electron chi connectivity index (χ1n) is 9.50. The molecule has 2 aromatic rings. The summed E-state index contributed by atoms with van der Waals surface area (Å²) in [7, 11) is 0. The van der Waals surface area contributed by atoms with Crippen LogP contribution >= 0.6 is 0 Å². The van der Waals surface area contributed by atoms with E-state index in [1.807, 2.05) is 0 Å². The van der Waals surface area contributed by atoms with Crippen LogP contribution in [0.25, 0.3) is 10.9 Å². The SMILES string of the molecule is Nc1nc(C2CCCCCCCCC2)nc2c(F)c3c(cc12)OC(F)(F)O3. The van der Waals surface area contributed by atoms with E-state index in [4.69, 9.17) is 5.73 Å². The van der Waals surface area contributed by atoms with E-state index in [0.717, 1.165) is 38.5 Å². The predicted molar refractivity (Wildman–Crippen MR) is 94.4 cm³/mol. The van der Waals surface area contributed by atoms with E-state index in [0.29, 0.717) is 5.82 Å². The fourth-order valence-electron chi connectivity index (χ4n) is 3.92. The minimum atomic E-state index is -3.90. The van der Waals surface area contributed by atoms with Crippen molar-refractivity contribution in [2.45, 2.75) is 70.0 Å². The lowest BCUT2D eigenvalue weighted by molar-refractivity contribution is -0.287. The third kappa shape index (κ3) is 3.61. The van der Waals surface area contributed by atoms with Gasteiger partial charge in [-0.25, -0.2) is 14.4 Å². The molecule has 2 heterocycles. The molecule has 5 nitrogen and oxygen atoms in total. The fraction of sp³-hybridized carbons (Fsp3) is 0.579. The zero-order valence-corrected chi connectivity index (χ0v) is 14.9. The summed E-state index contributed by atoms with van der Waals surface area (Å²) in [6.07, 6.45) is 6.06. The molecule has 1 saturated carbocycles. The molecule has 0 amide bonds. The van der Waals surface area contributed by atoms with Crippen molar-refractivity contribution in [2.24, 2.45) is 0 Å². The number of fused-ring (bicyclic) bond motifs is 2. The minimum absolute atomic E-state index is 0.0626. The van der Waals surface area contributed by atoms with Gasteiger partial charge >= 0.3 is 6.29 Å². The van der Waals surface area contributed by atoms with Gasteiger partial charge in [-0.3, -0.25) is 0 Å². The zero-order chi connectivity index (χ0) is 19.0. The Kier molecular flexibility index (Phi) is 4.74. The fourth-order valence-corrected chi connectivity index (χ4v) is 3.92. The molecule has 8 heteroatoms. The molecule has 1 aromatic heterocycles. The number of hydrogen-bond acceptors (Lipinski definition) is 5. The predicted octanol–water partition coefficient (Wildman–Crippen LogP) is 5.28. The Morgan fingerprint density at radius 2 is 1.59 bits per heavy atom. The quantitative estimate of drug-likeness (QED) is 0.728. The summed E-state index contributed by atoms with van der Waals surface area (Å²) in [5.41, 5.74) is 5.92. The third-order valence-corrected chi connectivity index (χ3v) is 5.32. The molecule has 146 valence electrons. The van der Waals surface area contributed by atoms with Crippen molar-refractivity contribution < 1.29 is 22.6 Å². The molecular formula is C19H22F3N3O2. The maximum absolute atomic E-state index is 14.8. The molecule has 0 bridgehead atoms. The topological polar surface area (TPSA) is 70.3 Å². The smallest absolute Gasteiger partial charge is 0.395 e. The molecule has 1 fully saturated rings. The second-order valence-corrected chi connectivity index (χ2v) is 7.30. The summed E-state index contributed by atoms with van der Waals surface area (Å²) >= 11 is 0. The van der Waals surface area contributed by atoms with Gasteiger partial charge in [0, 0.05) is 11.3 Å². The van der Waals surface area contributed by atoms with E-state index < -0.39 is 23.6 Å². The number of rotatable bonds is 1. The highest BCUT2D eigenvalue weighted by Crippen LogP contribution is 2.46. The molecule has 2 N–H and O–H groups in total. The number of ether oxygens (including phenoxy) is 2. The van der Waals surface area contributed by atoms with Crippen molar-refractivity contribution in [1.82, 2.24) is 9.97 Å². The maximum Gasteiger partial charge on any atom is 0.586 e. The lowest BCUT2D eigenvalue weighted by Gasteiger charge is -2.18. The van der Waals surface area contributed by atoms with Crippen LogP contribution in [0, 0.1) is 5.82 Å². The van der Waals surface area contributed by atoms with E-state index in [-0.39, 0.29) is 22.6 Å². The van der Waals surface area contributed by atoms with Gasteiger partial charge in [-0.2, -0.15) is 0 Å². The van der Waals surface area contributed by atoms with Crippen molar-refractivity contribution in [3.63, 3.8) is 0 Å². The van der Waals surface area contributed by atoms with Crippen molar-refractivity contribution in [2.75, 3.05) is 5.73 Å². The highest BCUT2D eigenvalue weighted by molar-refractivity contribution is 5.91. The van der Waals surface area contributed by atoms with Crippen molar-refractivity contribution >= 4 is 16.7 Å². The molecule has 27 heavy (non-hydrogen) atoms. The molecule has 0 spiro atoms. The maximum atomic E-state index is 14.8. The first-order valence-corrected chi connectivity index (χ1v) is 9.50. The summed E-state index contributed by atoms with van der Waals surface area (Å²) in [6.45, 7) is 0. The second-order valence-electron chi connectivity index (χ2n) is 7.30. The largest absolute Gasteiger partial charge is 0.586 e. The van der Waals surface area contributed by atoms with Crippen molar-refractivity contribution in [3.05, 3.63) is 17.7 Å². The minimum Gasteiger partial charge on any atom is -0.395 e. The van der Waals surface area contributed by atoms with Crippen molar-refractivity contribution in [3.8, 4) is 11.5 Å². The number of nitrogen functional groups attached to an aromatic ring is 1. The van der Waals surface area contributed by atoms with Crippen LogP contribution in [0.4, 0.5) is 19.0 Å². The number of halogens is 3. The summed E-state index contributed by atoms with van der Waals surface area (Å²) in [5, 5.41) is 0.149. The van der Waals surface area contributed by atoms with Gasteiger partial charge in [-0.1, -0.05) is 44.9 Å². The van der Waals surface area contributed by atoms with Gasteiger partial charge in [-0.05, 0) is 18.9 Å². The van der Waals surface area contributed by atoms with E-state index in [1.165, 1.54) is 25.3 Å². The molecule has 0 atom stereocenters. The molecule has 1 aliphatic carbocycles. The average molecular weight is 381 g/mol. The first kappa shape index (κ1) is 18.1. The molecule has 2 aliphatic rings. The Morgan fingerprint density at radius 3 is 2.26 bits per heavy atom. The van der Waals surface area contributed by atoms with E-state index >= 15 is 0 Å². The normalized spacial score (nSPS) is 20.7. The lowest BCUT2D eigenvalue weighted by atomic mass is 9.91. The highest BCUT2D eigenvalue weighted by atomic mass is 19.3. The van der Waals surface area contributed by atoms with Crippen LogP contribution < -0.4 is 15.2 Å². The lowest BCUT2D eigenvalue weighted by Crippen LogP contribution is -2.26. The number of hydrogen-bond donors (Lipinski definition) is 1. The summed E-state index contributed by atoms with van der Waals surface area (Å²) in [4.78, 5) is 8.73.